The summed E-state index contributed by atoms with van der Waals surface area (Å²) in [5.41, 5.74) is 4.83. The highest BCUT2D eigenvalue weighted by Gasteiger charge is 2.32. The van der Waals surface area contributed by atoms with Crippen molar-refractivity contribution in [2.24, 2.45) is 0 Å². The van der Waals surface area contributed by atoms with Gasteiger partial charge >= 0.3 is 6.01 Å². The van der Waals surface area contributed by atoms with Crippen molar-refractivity contribution >= 4 is 0 Å². The van der Waals surface area contributed by atoms with E-state index in [-0.39, 0.29) is 12.6 Å². The van der Waals surface area contributed by atoms with Crippen molar-refractivity contribution in [3.05, 3.63) is 118 Å². The predicted octanol–water partition coefficient (Wildman–Crippen LogP) is 6.77. The molecular weight excluding hydrogens is 472 g/mol. The maximum absolute atomic E-state index is 10.4. The summed E-state index contributed by atoms with van der Waals surface area (Å²) in [5.74, 6) is -0.375. The second-order valence-corrected chi connectivity index (χ2v) is 10.2. The number of nitriles is 2. The first-order chi connectivity index (χ1) is 18.3. The van der Waals surface area contributed by atoms with E-state index >= 15 is 0 Å². The van der Waals surface area contributed by atoms with Gasteiger partial charge in [-0.1, -0.05) is 87.5 Å². The fraction of sp³-hybridized carbons (Fsp3) is 0.250. The predicted molar refractivity (Wildman–Crippen MR) is 146 cm³/mol. The van der Waals surface area contributed by atoms with Gasteiger partial charge in [-0.2, -0.15) is 20.5 Å². The Morgan fingerprint density at radius 2 is 1.42 bits per heavy atom. The quantitative estimate of drug-likeness (QED) is 0.264. The van der Waals surface area contributed by atoms with E-state index < -0.39 is 11.3 Å². The molecule has 0 saturated heterocycles. The molecule has 0 bridgehead atoms. The Morgan fingerprint density at radius 1 is 0.816 bits per heavy atom. The molecule has 0 fully saturated rings. The van der Waals surface area contributed by atoms with Crippen LogP contribution in [0, 0.1) is 29.6 Å². The number of aryl methyl sites for hydroxylation is 1. The second-order valence-electron chi connectivity index (χ2n) is 10.2. The van der Waals surface area contributed by atoms with Gasteiger partial charge < -0.3 is 9.47 Å². The van der Waals surface area contributed by atoms with E-state index in [4.69, 9.17) is 14.5 Å². The van der Waals surface area contributed by atoms with Crippen LogP contribution in [0.2, 0.25) is 0 Å². The molecule has 0 amide bonds. The number of nitrogens with zero attached hydrogens (tertiary/aromatic N) is 4. The van der Waals surface area contributed by atoms with E-state index in [9.17, 15) is 10.5 Å². The monoisotopic (exact) mass is 502 g/mol. The van der Waals surface area contributed by atoms with Crippen molar-refractivity contribution in [2.45, 2.75) is 52.2 Å². The molecular formula is C32H30N4O2. The molecule has 1 aromatic heterocycles. The highest BCUT2D eigenvalue weighted by atomic mass is 16.5. The van der Waals surface area contributed by atoms with Crippen molar-refractivity contribution < 1.29 is 9.47 Å². The first-order valence-corrected chi connectivity index (χ1v) is 12.5. The van der Waals surface area contributed by atoms with Gasteiger partial charge in [0.25, 0.3) is 0 Å². The number of ether oxygens (including phenoxy) is 2. The third-order valence-electron chi connectivity index (χ3n) is 6.03. The molecule has 0 saturated carbocycles. The Labute approximate surface area is 224 Å². The normalized spacial score (nSPS) is 11.7. The Bertz CT molecular complexity index is 1480. The van der Waals surface area contributed by atoms with Crippen molar-refractivity contribution in [2.75, 3.05) is 0 Å². The maximum atomic E-state index is 10.4. The van der Waals surface area contributed by atoms with Gasteiger partial charge in [0.15, 0.2) is 0 Å². The van der Waals surface area contributed by atoms with Gasteiger partial charge in [0.1, 0.15) is 19.1 Å². The van der Waals surface area contributed by atoms with Gasteiger partial charge in [-0.25, -0.2) is 0 Å². The average Bonchev–Trinajstić information content (AvgIpc) is 2.91. The van der Waals surface area contributed by atoms with E-state index in [1.54, 1.807) is 12.1 Å². The van der Waals surface area contributed by atoms with E-state index in [1.165, 1.54) is 0 Å². The van der Waals surface area contributed by atoms with Crippen molar-refractivity contribution in [3.8, 4) is 24.0 Å². The van der Waals surface area contributed by atoms with Crippen LogP contribution in [0.3, 0.4) is 0 Å². The fourth-order valence-electron chi connectivity index (χ4n) is 4.30. The molecule has 0 N–H and O–H groups in total. The smallest absolute Gasteiger partial charge is 0.320 e. The highest BCUT2D eigenvalue weighted by Crippen LogP contribution is 2.39. The summed E-state index contributed by atoms with van der Waals surface area (Å²) in [6.07, 6.45) is 0. The van der Waals surface area contributed by atoms with Crippen LogP contribution < -0.4 is 9.47 Å². The van der Waals surface area contributed by atoms with Crippen LogP contribution in [-0.4, -0.2) is 9.97 Å². The Balaban J connectivity index is 1.85. The molecule has 38 heavy (non-hydrogen) atoms. The maximum Gasteiger partial charge on any atom is 0.320 e. The van der Waals surface area contributed by atoms with Gasteiger partial charge in [0.2, 0.25) is 5.88 Å². The molecule has 0 aliphatic heterocycles. The Morgan fingerprint density at radius 3 is 1.97 bits per heavy atom. The highest BCUT2D eigenvalue weighted by molar-refractivity contribution is 5.49. The molecule has 1 atom stereocenters. The average molecular weight is 503 g/mol. The van der Waals surface area contributed by atoms with E-state index in [2.05, 4.69) is 17.1 Å². The molecule has 4 aromatic rings. The fourth-order valence-corrected chi connectivity index (χ4v) is 4.30. The SMILES string of the molecule is Cc1cc(C#N)cc(C(C#N)c2nc(OCc3ccccc3)nc(OCc3ccccc3)c2C(C)(C)C)c1. The van der Waals surface area contributed by atoms with E-state index in [1.807, 2.05) is 94.4 Å². The standard InChI is InChI=1S/C32H30N4O2/c1-22-15-25(18-33)17-26(16-22)27(19-34)29-28(32(2,3)4)30(37-20-23-11-7-5-8-12-23)36-31(35-29)38-21-24-13-9-6-10-14-24/h5-17,27H,20-21H2,1-4H3. The molecule has 190 valence electrons. The van der Waals surface area contributed by atoms with Gasteiger partial charge in [-0.05, 0) is 46.7 Å². The van der Waals surface area contributed by atoms with Gasteiger partial charge in [-0.15, -0.1) is 0 Å². The van der Waals surface area contributed by atoms with Crippen LogP contribution in [0.1, 0.15) is 65.8 Å². The molecule has 4 rings (SSSR count). The minimum absolute atomic E-state index is 0.133. The topological polar surface area (TPSA) is 91.8 Å². The minimum Gasteiger partial charge on any atom is -0.472 e. The molecule has 0 aliphatic carbocycles. The van der Waals surface area contributed by atoms with Gasteiger partial charge in [0, 0.05) is 5.56 Å². The van der Waals surface area contributed by atoms with Crippen LogP contribution in [0.4, 0.5) is 0 Å². The van der Waals surface area contributed by atoms with Crippen molar-refractivity contribution in [3.63, 3.8) is 0 Å². The molecule has 6 heteroatoms. The lowest BCUT2D eigenvalue weighted by Crippen LogP contribution is -2.21. The molecule has 1 unspecified atom stereocenters. The van der Waals surface area contributed by atoms with Crippen LogP contribution >= 0.6 is 0 Å². The van der Waals surface area contributed by atoms with Crippen LogP contribution in [0.5, 0.6) is 11.9 Å². The molecule has 0 radical (unpaired) electrons. The number of aromatic nitrogens is 2. The molecule has 1 heterocycles. The van der Waals surface area contributed by atoms with Gasteiger partial charge in [-0.3, -0.25) is 0 Å². The number of hydrogen-bond donors (Lipinski definition) is 0. The molecule has 0 spiro atoms. The third-order valence-corrected chi connectivity index (χ3v) is 6.03. The number of benzene rings is 3. The zero-order chi connectivity index (χ0) is 27.1. The summed E-state index contributed by atoms with van der Waals surface area (Å²) in [6, 6.07) is 29.8. The molecule has 3 aromatic carbocycles. The lowest BCUT2D eigenvalue weighted by atomic mass is 9.81. The van der Waals surface area contributed by atoms with Crippen LogP contribution in [-0.2, 0) is 18.6 Å². The van der Waals surface area contributed by atoms with Crippen LogP contribution in [0.25, 0.3) is 0 Å². The first-order valence-electron chi connectivity index (χ1n) is 12.5. The number of rotatable bonds is 8. The Hall–Kier alpha value is -4.68. The summed E-state index contributed by atoms with van der Waals surface area (Å²) < 4.78 is 12.3. The molecule has 0 aliphatic rings. The van der Waals surface area contributed by atoms with Gasteiger partial charge in [0.05, 0.1) is 23.4 Å². The van der Waals surface area contributed by atoms with Crippen LogP contribution in [0.15, 0.2) is 78.9 Å². The summed E-state index contributed by atoms with van der Waals surface area (Å²) in [5, 5.41) is 19.9. The third kappa shape index (κ3) is 6.35. The Kier molecular flexibility index (Phi) is 8.04. The summed E-state index contributed by atoms with van der Waals surface area (Å²) in [7, 11) is 0. The zero-order valence-electron chi connectivity index (χ0n) is 22.1. The van der Waals surface area contributed by atoms with E-state index in [0.29, 0.717) is 29.3 Å². The lowest BCUT2D eigenvalue weighted by Gasteiger charge is -2.27. The first kappa shape index (κ1) is 26.4. The lowest BCUT2D eigenvalue weighted by molar-refractivity contribution is 0.251. The summed E-state index contributed by atoms with van der Waals surface area (Å²) >= 11 is 0. The zero-order valence-corrected chi connectivity index (χ0v) is 22.1. The molecule has 6 nitrogen and oxygen atoms in total. The second kappa shape index (κ2) is 11.6. The summed E-state index contributed by atoms with van der Waals surface area (Å²) in [6.45, 7) is 8.61. The van der Waals surface area contributed by atoms with Crippen molar-refractivity contribution in [1.82, 2.24) is 9.97 Å². The van der Waals surface area contributed by atoms with E-state index in [0.717, 1.165) is 22.3 Å². The minimum atomic E-state index is -0.752. The summed E-state index contributed by atoms with van der Waals surface area (Å²) in [4.78, 5) is 9.46. The number of hydrogen-bond acceptors (Lipinski definition) is 6. The van der Waals surface area contributed by atoms with Crippen molar-refractivity contribution in [1.29, 1.82) is 10.5 Å². The largest absolute Gasteiger partial charge is 0.472 e.